The minimum absolute atomic E-state index is 0.149. The summed E-state index contributed by atoms with van der Waals surface area (Å²) in [5.41, 5.74) is 1.26. The van der Waals surface area contributed by atoms with Crippen LogP contribution in [0.4, 0.5) is 0 Å². The molecule has 1 saturated heterocycles. The van der Waals surface area contributed by atoms with E-state index in [-0.39, 0.29) is 6.10 Å². The van der Waals surface area contributed by atoms with Crippen molar-refractivity contribution in [3.63, 3.8) is 0 Å². The van der Waals surface area contributed by atoms with Crippen molar-refractivity contribution >= 4 is 0 Å². The maximum atomic E-state index is 9.77. The molecular formula is C11H16N2O. The predicted molar refractivity (Wildman–Crippen MR) is 54.9 cm³/mol. The van der Waals surface area contributed by atoms with E-state index in [0.29, 0.717) is 5.92 Å². The number of nitrogens with zero attached hydrogens (tertiary/aromatic N) is 1. The smallest absolute Gasteiger partial charge is 0.0595 e. The number of rotatable bonds is 2. The van der Waals surface area contributed by atoms with Crippen LogP contribution in [-0.2, 0) is 6.42 Å². The first kappa shape index (κ1) is 9.62. The Morgan fingerprint density at radius 1 is 1.43 bits per heavy atom. The van der Waals surface area contributed by atoms with E-state index >= 15 is 0 Å². The van der Waals surface area contributed by atoms with Crippen molar-refractivity contribution in [1.82, 2.24) is 10.3 Å². The molecule has 0 bridgehead atoms. The van der Waals surface area contributed by atoms with Gasteiger partial charge in [-0.3, -0.25) is 4.98 Å². The molecule has 14 heavy (non-hydrogen) atoms. The van der Waals surface area contributed by atoms with Crippen molar-refractivity contribution < 1.29 is 5.11 Å². The minimum atomic E-state index is -0.149. The molecule has 2 N–H and O–H groups in total. The van der Waals surface area contributed by atoms with Crippen LogP contribution in [0.25, 0.3) is 0 Å². The van der Waals surface area contributed by atoms with Crippen molar-refractivity contribution in [1.29, 1.82) is 0 Å². The lowest BCUT2D eigenvalue weighted by Gasteiger charge is -2.28. The number of aliphatic hydroxyl groups is 1. The third-order valence-corrected chi connectivity index (χ3v) is 2.81. The lowest BCUT2D eigenvalue weighted by molar-refractivity contribution is 0.0791. The molecule has 3 heteroatoms. The molecule has 0 aromatic carbocycles. The first-order valence-corrected chi connectivity index (χ1v) is 5.14. The standard InChI is InChI=1S/C11H16N2O/c14-11-3-6-13-8-10(11)7-9-1-4-12-5-2-9/h1-2,4-5,10-11,13-14H,3,6-8H2. The van der Waals surface area contributed by atoms with Gasteiger partial charge in [0.05, 0.1) is 6.10 Å². The first-order chi connectivity index (χ1) is 6.86. The van der Waals surface area contributed by atoms with E-state index in [1.165, 1.54) is 5.56 Å². The Morgan fingerprint density at radius 2 is 2.21 bits per heavy atom. The predicted octanol–water partition coefficient (Wildman–Crippen LogP) is 0.594. The number of nitrogens with one attached hydrogen (secondary N) is 1. The van der Waals surface area contributed by atoms with E-state index in [4.69, 9.17) is 0 Å². The van der Waals surface area contributed by atoms with Crippen LogP contribution >= 0.6 is 0 Å². The molecule has 2 rings (SSSR count). The van der Waals surface area contributed by atoms with E-state index < -0.39 is 0 Å². The van der Waals surface area contributed by atoms with Crippen molar-refractivity contribution in [2.45, 2.75) is 18.9 Å². The molecule has 1 aliphatic heterocycles. The highest BCUT2D eigenvalue weighted by Gasteiger charge is 2.22. The molecule has 2 unspecified atom stereocenters. The van der Waals surface area contributed by atoms with Gasteiger partial charge in [-0.15, -0.1) is 0 Å². The molecule has 1 fully saturated rings. The zero-order valence-electron chi connectivity index (χ0n) is 8.19. The van der Waals surface area contributed by atoms with E-state index in [0.717, 1.165) is 25.9 Å². The van der Waals surface area contributed by atoms with Gasteiger partial charge >= 0.3 is 0 Å². The highest BCUT2D eigenvalue weighted by molar-refractivity contribution is 5.11. The molecule has 0 amide bonds. The molecule has 1 aliphatic rings. The fraction of sp³-hybridized carbons (Fsp3) is 0.545. The second kappa shape index (κ2) is 4.53. The van der Waals surface area contributed by atoms with Crippen LogP contribution in [0.3, 0.4) is 0 Å². The summed E-state index contributed by atoms with van der Waals surface area (Å²) in [4.78, 5) is 3.98. The Morgan fingerprint density at radius 3 is 2.93 bits per heavy atom. The van der Waals surface area contributed by atoms with Gasteiger partial charge in [0.15, 0.2) is 0 Å². The van der Waals surface area contributed by atoms with Gasteiger partial charge in [-0.1, -0.05) is 0 Å². The van der Waals surface area contributed by atoms with Gasteiger partial charge in [0.2, 0.25) is 0 Å². The van der Waals surface area contributed by atoms with Crippen LogP contribution in [-0.4, -0.2) is 29.3 Å². The zero-order chi connectivity index (χ0) is 9.80. The lowest BCUT2D eigenvalue weighted by Crippen LogP contribution is -2.40. The molecule has 76 valence electrons. The molecule has 0 spiro atoms. The van der Waals surface area contributed by atoms with Crippen molar-refractivity contribution in [2.75, 3.05) is 13.1 Å². The summed E-state index contributed by atoms with van der Waals surface area (Å²) in [6.07, 6.45) is 5.27. The SMILES string of the molecule is OC1CCNCC1Cc1ccncc1. The third-order valence-electron chi connectivity index (χ3n) is 2.81. The Kier molecular flexibility index (Phi) is 3.11. The number of aromatic nitrogens is 1. The summed E-state index contributed by atoms with van der Waals surface area (Å²) in [6, 6.07) is 4.03. The molecule has 2 heterocycles. The van der Waals surface area contributed by atoms with Crippen LogP contribution in [0.1, 0.15) is 12.0 Å². The largest absolute Gasteiger partial charge is 0.393 e. The van der Waals surface area contributed by atoms with Gasteiger partial charge in [-0.2, -0.15) is 0 Å². The highest BCUT2D eigenvalue weighted by Crippen LogP contribution is 2.16. The van der Waals surface area contributed by atoms with Gasteiger partial charge in [0, 0.05) is 24.9 Å². The maximum absolute atomic E-state index is 9.77. The van der Waals surface area contributed by atoms with Crippen molar-refractivity contribution in [3.05, 3.63) is 30.1 Å². The molecule has 0 aliphatic carbocycles. The summed E-state index contributed by atoms with van der Waals surface area (Å²) in [7, 11) is 0. The average molecular weight is 192 g/mol. The third kappa shape index (κ3) is 2.30. The van der Waals surface area contributed by atoms with Gasteiger partial charge in [-0.05, 0) is 37.1 Å². The molecule has 3 nitrogen and oxygen atoms in total. The van der Waals surface area contributed by atoms with Crippen LogP contribution in [0.15, 0.2) is 24.5 Å². The summed E-state index contributed by atoms with van der Waals surface area (Å²) in [5, 5.41) is 13.1. The summed E-state index contributed by atoms with van der Waals surface area (Å²) in [5.74, 6) is 0.353. The van der Waals surface area contributed by atoms with Crippen LogP contribution in [0.5, 0.6) is 0 Å². The van der Waals surface area contributed by atoms with E-state index in [9.17, 15) is 5.11 Å². The average Bonchev–Trinajstić information content (AvgIpc) is 2.23. The maximum Gasteiger partial charge on any atom is 0.0595 e. The minimum Gasteiger partial charge on any atom is -0.393 e. The Labute approximate surface area is 84.2 Å². The number of aliphatic hydroxyl groups excluding tert-OH is 1. The second-order valence-electron chi connectivity index (χ2n) is 3.88. The molecule has 2 atom stereocenters. The fourth-order valence-corrected chi connectivity index (χ4v) is 1.94. The summed E-state index contributed by atoms with van der Waals surface area (Å²) >= 11 is 0. The number of pyridine rings is 1. The van der Waals surface area contributed by atoms with E-state index in [1.807, 2.05) is 12.1 Å². The van der Waals surface area contributed by atoms with Crippen LogP contribution in [0, 0.1) is 5.92 Å². The summed E-state index contributed by atoms with van der Waals surface area (Å²) < 4.78 is 0. The monoisotopic (exact) mass is 192 g/mol. The molecule has 1 aromatic heterocycles. The van der Waals surface area contributed by atoms with E-state index in [2.05, 4.69) is 10.3 Å². The second-order valence-corrected chi connectivity index (χ2v) is 3.88. The van der Waals surface area contributed by atoms with Gasteiger partial charge in [0.25, 0.3) is 0 Å². The van der Waals surface area contributed by atoms with Crippen LogP contribution < -0.4 is 5.32 Å². The Hall–Kier alpha value is -0.930. The van der Waals surface area contributed by atoms with Crippen LogP contribution in [0.2, 0.25) is 0 Å². The zero-order valence-corrected chi connectivity index (χ0v) is 8.19. The molecule has 1 aromatic rings. The Balaban J connectivity index is 1.96. The molecule has 0 saturated carbocycles. The number of piperidine rings is 1. The number of hydrogen-bond donors (Lipinski definition) is 2. The highest BCUT2D eigenvalue weighted by atomic mass is 16.3. The van der Waals surface area contributed by atoms with Gasteiger partial charge in [0.1, 0.15) is 0 Å². The number of hydrogen-bond acceptors (Lipinski definition) is 3. The normalized spacial score (nSPS) is 27.5. The molecule has 0 radical (unpaired) electrons. The van der Waals surface area contributed by atoms with Crippen molar-refractivity contribution in [3.8, 4) is 0 Å². The van der Waals surface area contributed by atoms with Crippen molar-refractivity contribution in [2.24, 2.45) is 5.92 Å². The molecular weight excluding hydrogens is 176 g/mol. The topological polar surface area (TPSA) is 45.1 Å². The first-order valence-electron chi connectivity index (χ1n) is 5.14. The lowest BCUT2D eigenvalue weighted by atomic mass is 9.90. The summed E-state index contributed by atoms with van der Waals surface area (Å²) in [6.45, 7) is 1.86. The quantitative estimate of drug-likeness (QED) is 0.721. The van der Waals surface area contributed by atoms with Gasteiger partial charge in [-0.25, -0.2) is 0 Å². The van der Waals surface area contributed by atoms with Gasteiger partial charge < -0.3 is 10.4 Å². The fourth-order valence-electron chi connectivity index (χ4n) is 1.94. The van der Waals surface area contributed by atoms with E-state index in [1.54, 1.807) is 12.4 Å². The Bertz CT molecular complexity index is 276.